The van der Waals surface area contributed by atoms with E-state index in [1.807, 2.05) is 13.8 Å². The topological polar surface area (TPSA) is 78.4 Å². The molecule has 100 valence electrons. The Kier molecular flexibility index (Phi) is 8.19. The van der Waals surface area contributed by atoms with Crippen LogP contribution in [0.5, 0.6) is 0 Å². The van der Waals surface area contributed by atoms with Gasteiger partial charge in [-0.05, 0) is 18.8 Å². The summed E-state index contributed by atoms with van der Waals surface area (Å²) in [5.41, 5.74) is 0. The van der Waals surface area contributed by atoms with Crippen molar-refractivity contribution in [1.29, 1.82) is 0 Å². The third-order valence-electron chi connectivity index (χ3n) is 2.38. The van der Waals surface area contributed by atoms with Crippen molar-refractivity contribution in [2.45, 2.75) is 52.5 Å². The molecule has 1 atom stereocenters. The Morgan fingerprint density at radius 1 is 1.24 bits per heavy atom. The first-order valence-electron chi connectivity index (χ1n) is 6.24. The summed E-state index contributed by atoms with van der Waals surface area (Å²) in [6.45, 7) is 6.53. The zero-order valence-electron chi connectivity index (χ0n) is 11.0. The molecule has 0 radical (unpaired) electrons. The molecule has 0 saturated carbocycles. The van der Waals surface area contributed by atoms with Gasteiger partial charge in [0.1, 0.15) is 6.04 Å². The van der Waals surface area contributed by atoms with Gasteiger partial charge >= 0.3 is 12.0 Å². The molecule has 0 saturated heterocycles. The van der Waals surface area contributed by atoms with Gasteiger partial charge < -0.3 is 15.7 Å². The third-order valence-corrected chi connectivity index (χ3v) is 2.38. The number of rotatable bonds is 8. The fourth-order valence-corrected chi connectivity index (χ4v) is 1.48. The van der Waals surface area contributed by atoms with Crippen LogP contribution in [0.25, 0.3) is 0 Å². The average molecular weight is 244 g/mol. The lowest BCUT2D eigenvalue weighted by atomic mass is 10.0. The minimum Gasteiger partial charge on any atom is -0.480 e. The molecule has 3 N–H and O–H groups in total. The number of carboxylic acid groups (broad SMARTS) is 1. The molecule has 17 heavy (non-hydrogen) atoms. The Morgan fingerprint density at radius 3 is 2.35 bits per heavy atom. The number of hydrogen-bond donors (Lipinski definition) is 3. The second kappa shape index (κ2) is 8.84. The highest BCUT2D eigenvalue weighted by atomic mass is 16.4. The minimum absolute atomic E-state index is 0.233. The van der Waals surface area contributed by atoms with Gasteiger partial charge in [0.05, 0.1) is 0 Å². The van der Waals surface area contributed by atoms with Crippen LogP contribution in [0.2, 0.25) is 0 Å². The molecular formula is C12H24N2O3. The molecule has 0 bridgehead atoms. The predicted molar refractivity (Wildman–Crippen MR) is 66.9 cm³/mol. The Hall–Kier alpha value is -1.26. The van der Waals surface area contributed by atoms with Gasteiger partial charge in [-0.15, -0.1) is 0 Å². The molecule has 0 rings (SSSR count). The number of aliphatic carboxylic acids is 1. The molecule has 0 fully saturated rings. The number of carboxylic acids is 1. The van der Waals surface area contributed by atoms with E-state index in [1.165, 1.54) is 0 Å². The van der Waals surface area contributed by atoms with E-state index >= 15 is 0 Å². The Balaban J connectivity index is 3.91. The highest BCUT2D eigenvalue weighted by Gasteiger charge is 2.20. The van der Waals surface area contributed by atoms with E-state index in [0.717, 1.165) is 19.3 Å². The highest BCUT2D eigenvalue weighted by Crippen LogP contribution is 2.04. The Labute approximate surface area is 103 Å². The van der Waals surface area contributed by atoms with Gasteiger partial charge in [-0.2, -0.15) is 0 Å². The molecule has 0 spiro atoms. The molecule has 0 aromatic rings. The molecule has 0 aliphatic rings. The van der Waals surface area contributed by atoms with Crippen LogP contribution in [0.15, 0.2) is 0 Å². The Morgan fingerprint density at radius 2 is 1.88 bits per heavy atom. The summed E-state index contributed by atoms with van der Waals surface area (Å²) < 4.78 is 0. The quantitative estimate of drug-likeness (QED) is 0.571. The number of amides is 2. The lowest BCUT2D eigenvalue weighted by molar-refractivity contribution is -0.139. The lowest BCUT2D eigenvalue weighted by Gasteiger charge is -2.16. The standard InChI is InChI=1S/C12H24N2O3/c1-4-5-6-7-13-12(17)14-10(11(15)16)8-9(2)3/h9-10H,4-8H2,1-3H3,(H,15,16)(H2,13,14,17)/t10-/m1/s1. The van der Waals surface area contributed by atoms with Crippen molar-refractivity contribution in [3.8, 4) is 0 Å². The van der Waals surface area contributed by atoms with Gasteiger partial charge in [0.15, 0.2) is 0 Å². The van der Waals surface area contributed by atoms with Gasteiger partial charge in [-0.1, -0.05) is 33.6 Å². The maximum atomic E-state index is 11.4. The van der Waals surface area contributed by atoms with Crippen LogP contribution in [-0.4, -0.2) is 29.7 Å². The summed E-state index contributed by atoms with van der Waals surface area (Å²) in [6, 6.07) is -1.20. The molecule has 0 heterocycles. The minimum atomic E-state index is -0.984. The first-order valence-corrected chi connectivity index (χ1v) is 6.24. The van der Waals surface area contributed by atoms with Gasteiger partial charge in [0.25, 0.3) is 0 Å². The summed E-state index contributed by atoms with van der Waals surface area (Å²) >= 11 is 0. The molecule has 2 amide bonds. The van der Waals surface area contributed by atoms with Crippen LogP contribution in [0.4, 0.5) is 4.79 Å². The highest BCUT2D eigenvalue weighted by molar-refractivity contribution is 5.82. The van der Waals surface area contributed by atoms with Crippen molar-refractivity contribution in [3.63, 3.8) is 0 Å². The molecular weight excluding hydrogens is 220 g/mol. The van der Waals surface area contributed by atoms with Gasteiger partial charge in [-0.25, -0.2) is 9.59 Å². The molecule has 0 aliphatic carbocycles. The molecule has 0 aromatic heterocycles. The molecule has 5 heteroatoms. The van der Waals surface area contributed by atoms with E-state index in [0.29, 0.717) is 13.0 Å². The fourth-order valence-electron chi connectivity index (χ4n) is 1.48. The van der Waals surface area contributed by atoms with Gasteiger partial charge in [0, 0.05) is 6.54 Å². The van der Waals surface area contributed by atoms with E-state index < -0.39 is 18.0 Å². The van der Waals surface area contributed by atoms with Crippen molar-refractivity contribution in [2.24, 2.45) is 5.92 Å². The predicted octanol–water partition coefficient (Wildman–Crippen LogP) is 1.98. The fraction of sp³-hybridized carbons (Fsp3) is 0.833. The van der Waals surface area contributed by atoms with E-state index in [4.69, 9.17) is 5.11 Å². The van der Waals surface area contributed by atoms with Crippen LogP contribution >= 0.6 is 0 Å². The van der Waals surface area contributed by atoms with E-state index in [9.17, 15) is 9.59 Å². The number of hydrogen-bond acceptors (Lipinski definition) is 2. The van der Waals surface area contributed by atoms with Crippen LogP contribution in [0.1, 0.15) is 46.5 Å². The Bertz CT molecular complexity index is 242. The molecule has 0 aliphatic heterocycles. The van der Waals surface area contributed by atoms with Crippen LogP contribution in [-0.2, 0) is 4.79 Å². The summed E-state index contributed by atoms with van der Waals surface area (Å²) in [5.74, 6) is -0.751. The monoisotopic (exact) mass is 244 g/mol. The third kappa shape index (κ3) is 8.54. The molecule has 0 aromatic carbocycles. The summed E-state index contributed by atoms with van der Waals surface area (Å²) in [6.07, 6.45) is 3.52. The van der Waals surface area contributed by atoms with Crippen LogP contribution in [0, 0.1) is 5.92 Å². The summed E-state index contributed by atoms with van der Waals surface area (Å²) in [7, 11) is 0. The maximum absolute atomic E-state index is 11.4. The SMILES string of the molecule is CCCCCNC(=O)N[C@H](CC(C)C)C(=O)O. The van der Waals surface area contributed by atoms with E-state index in [-0.39, 0.29) is 5.92 Å². The maximum Gasteiger partial charge on any atom is 0.326 e. The van der Waals surface area contributed by atoms with Crippen molar-refractivity contribution >= 4 is 12.0 Å². The van der Waals surface area contributed by atoms with Crippen LogP contribution in [0.3, 0.4) is 0 Å². The first kappa shape index (κ1) is 15.7. The number of unbranched alkanes of at least 4 members (excludes halogenated alkanes) is 2. The first-order chi connectivity index (χ1) is 7.97. The summed E-state index contributed by atoms with van der Waals surface area (Å²) in [5, 5.41) is 14.1. The lowest BCUT2D eigenvalue weighted by Crippen LogP contribution is -2.46. The van der Waals surface area contributed by atoms with E-state index in [2.05, 4.69) is 17.6 Å². The van der Waals surface area contributed by atoms with Crippen molar-refractivity contribution in [3.05, 3.63) is 0 Å². The number of carbonyl (C=O) groups is 2. The van der Waals surface area contributed by atoms with Crippen LogP contribution < -0.4 is 10.6 Å². The second-order valence-corrected chi connectivity index (χ2v) is 4.63. The largest absolute Gasteiger partial charge is 0.480 e. The average Bonchev–Trinajstić information content (AvgIpc) is 2.22. The zero-order chi connectivity index (χ0) is 13.3. The van der Waals surface area contributed by atoms with E-state index in [1.54, 1.807) is 0 Å². The second-order valence-electron chi connectivity index (χ2n) is 4.63. The smallest absolute Gasteiger partial charge is 0.326 e. The van der Waals surface area contributed by atoms with Crippen molar-refractivity contribution < 1.29 is 14.7 Å². The van der Waals surface area contributed by atoms with Gasteiger partial charge in [-0.3, -0.25) is 0 Å². The molecule has 0 unspecified atom stereocenters. The number of urea groups is 1. The molecule has 5 nitrogen and oxygen atoms in total. The van der Waals surface area contributed by atoms with Crippen molar-refractivity contribution in [1.82, 2.24) is 10.6 Å². The number of carbonyl (C=O) groups excluding carboxylic acids is 1. The normalized spacial score (nSPS) is 12.2. The van der Waals surface area contributed by atoms with Crippen molar-refractivity contribution in [2.75, 3.05) is 6.54 Å². The van der Waals surface area contributed by atoms with Gasteiger partial charge in [0.2, 0.25) is 0 Å². The number of nitrogens with one attached hydrogen (secondary N) is 2. The summed E-state index contributed by atoms with van der Waals surface area (Å²) in [4.78, 5) is 22.3. The zero-order valence-corrected chi connectivity index (χ0v) is 11.0.